The SMILES string of the molecule is CCC(C(=O)Nc1ccc(C(N)=O)c(F)c1)n1cc2c(cc1=O)-c1cc(Cl)ccc1CC(C)OC2C. The van der Waals surface area contributed by atoms with Gasteiger partial charge >= 0.3 is 0 Å². The molecular weight excluding hydrogens is 485 g/mol. The number of aromatic nitrogens is 1. The molecule has 0 bridgehead atoms. The van der Waals surface area contributed by atoms with Crippen molar-refractivity contribution in [2.45, 2.75) is 51.9 Å². The van der Waals surface area contributed by atoms with E-state index in [4.69, 9.17) is 22.1 Å². The maximum atomic E-state index is 14.2. The number of nitrogens with two attached hydrogens (primary N) is 1. The molecule has 3 aromatic rings. The Morgan fingerprint density at radius 2 is 1.94 bits per heavy atom. The molecule has 7 nitrogen and oxygen atoms in total. The Labute approximate surface area is 213 Å². The van der Waals surface area contributed by atoms with Crippen LogP contribution in [0, 0.1) is 5.82 Å². The lowest BCUT2D eigenvalue weighted by Crippen LogP contribution is -2.33. The van der Waals surface area contributed by atoms with Gasteiger partial charge in [-0.25, -0.2) is 4.39 Å². The van der Waals surface area contributed by atoms with Crippen LogP contribution in [-0.2, 0) is 16.0 Å². The first-order chi connectivity index (χ1) is 17.1. The summed E-state index contributed by atoms with van der Waals surface area (Å²) in [6.07, 6.45) is 2.22. The molecule has 0 fully saturated rings. The number of hydrogen-bond donors (Lipinski definition) is 2. The number of nitrogens with zero attached hydrogens (tertiary/aromatic N) is 1. The standard InChI is InChI=1S/C27H27ClFN3O4/c1-4-24(27(35)31-18-7-8-19(26(30)34)23(29)11-18)32-13-22-15(3)36-14(2)9-16-5-6-17(28)10-20(16)21(22)12-25(32)33/h5-8,10-15,24H,4,9H2,1-3H3,(H2,30,34)(H,31,35). The van der Waals surface area contributed by atoms with Gasteiger partial charge < -0.3 is 20.4 Å². The molecule has 2 aromatic carbocycles. The monoisotopic (exact) mass is 511 g/mol. The number of carbonyl (C=O) groups is 2. The van der Waals surface area contributed by atoms with Gasteiger partial charge in [-0.15, -0.1) is 0 Å². The Balaban J connectivity index is 1.74. The van der Waals surface area contributed by atoms with Crippen molar-refractivity contribution in [3.05, 3.63) is 86.5 Å². The Morgan fingerprint density at radius 3 is 2.61 bits per heavy atom. The number of fused-ring (bicyclic) bond motifs is 3. The van der Waals surface area contributed by atoms with E-state index < -0.39 is 23.7 Å². The molecule has 0 saturated heterocycles. The van der Waals surface area contributed by atoms with Gasteiger partial charge in [0.1, 0.15) is 11.9 Å². The predicted octanol–water partition coefficient (Wildman–Crippen LogP) is 5.02. The number of halogens is 2. The average molecular weight is 512 g/mol. The van der Waals surface area contributed by atoms with Crippen molar-refractivity contribution in [1.82, 2.24) is 4.57 Å². The van der Waals surface area contributed by atoms with Crippen LogP contribution in [-0.4, -0.2) is 22.5 Å². The number of hydrogen-bond acceptors (Lipinski definition) is 4. The van der Waals surface area contributed by atoms with Crippen molar-refractivity contribution in [2.24, 2.45) is 5.73 Å². The summed E-state index contributed by atoms with van der Waals surface area (Å²) in [4.78, 5) is 37.7. The smallest absolute Gasteiger partial charge is 0.251 e. The van der Waals surface area contributed by atoms with Crippen molar-refractivity contribution < 1.29 is 18.7 Å². The zero-order chi connectivity index (χ0) is 26.1. The first-order valence-corrected chi connectivity index (χ1v) is 12.1. The van der Waals surface area contributed by atoms with E-state index in [9.17, 15) is 18.8 Å². The number of benzene rings is 2. The first kappa shape index (κ1) is 25.6. The molecule has 0 spiro atoms. The zero-order valence-electron chi connectivity index (χ0n) is 20.2. The lowest BCUT2D eigenvalue weighted by Gasteiger charge is -2.28. The topological polar surface area (TPSA) is 103 Å². The lowest BCUT2D eigenvalue weighted by atomic mass is 9.90. The van der Waals surface area contributed by atoms with Crippen LogP contribution in [0.25, 0.3) is 11.1 Å². The summed E-state index contributed by atoms with van der Waals surface area (Å²) >= 11 is 6.29. The summed E-state index contributed by atoms with van der Waals surface area (Å²) in [5.74, 6) is -2.25. The molecule has 0 saturated carbocycles. The van der Waals surface area contributed by atoms with E-state index >= 15 is 0 Å². The fourth-order valence-electron chi connectivity index (χ4n) is 4.65. The van der Waals surface area contributed by atoms with Gasteiger partial charge in [-0.05, 0) is 73.7 Å². The summed E-state index contributed by atoms with van der Waals surface area (Å²) < 4.78 is 21.7. The highest BCUT2D eigenvalue weighted by Crippen LogP contribution is 2.37. The second kappa shape index (κ2) is 10.2. The molecule has 3 unspecified atom stereocenters. The van der Waals surface area contributed by atoms with Gasteiger partial charge in [0.05, 0.1) is 17.8 Å². The molecule has 0 aliphatic carbocycles. The van der Waals surface area contributed by atoms with E-state index in [1.165, 1.54) is 22.8 Å². The molecule has 9 heteroatoms. The van der Waals surface area contributed by atoms with Crippen molar-refractivity contribution in [2.75, 3.05) is 5.32 Å². The molecule has 2 heterocycles. The number of ether oxygens (including phenoxy) is 1. The van der Waals surface area contributed by atoms with Crippen LogP contribution < -0.4 is 16.6 Å². The second-order valence-electron chi connectivity index (χ2n) is 8.95. The number of amides is 2. The van der Waals surface area contributed by atoms with Gasteiger partial charge in [-0.2, -0.15) is 0 Å². The maximum Gasteiger partial charge on any atom is 0.251 e. The largest absolute Gasteiger partial charge is 0.370 e. The Morgan fingerprint density at radius 1 is 1.19 bits per heavy atom. The fraction of sp³-hybridized carbons (Fsp3) is 0.296. The summed E-state index contributed by atoms with van der Waals surface area (Å²) in [7, 11) is 0. The highest BCUT2D eigenvalue weighted by atomic mass is 35.5. The maximum absolute atomic E-state index is 14.2. The minimum Gasteiger partial charge on any atom is -0.370 e. The number of anilines is 1. The van der Waals surface area contributed by atoms with Gasteiger partial charge in [0.25, 0.3) is 11.5 Å². The van der Waals surface area contributed by atoms with Crippen LogP contribution in [0.15, 0.2) is 53.5 Å². The van der Waals surface area contributed by atoms with Crippen LogP contribution >= 0.6 is 11.6 Å². The van der Waals surface area contributed by atoms with Gasteiger partial charge in [0.15, 0.2) is 0 Å². The summed E-state index contributed by atoms with van der Waals surface area (Å²) in [5, 5.41) is 3.19. The molecule has 1 aliphatic rings. The molecule has 3 N–H and O–H groups in total. The number of rotatable bonds is 5. The van der Waals surface area contributed by atoms with Crippen molar-refractivity contribution in [3.63, 3.8) is 0 Å². The Bertz CT molecular complexity index is 1400. The van der Waals surface area contributed by atoms with Crippen molar-refractivity contribution >= 4 is 29.1 Å². The molecule has 3 atom stereocenters. The Kier molecular flexibility index (Phi) is 7.28. The third-order valence-corrected chi connectivity index (χ3v) is 6.62. The molecule has 1 aromatic heterocycles. The normalized spacial score (nSPS) is 17.8. The second-order valence-corrected chi connectivity index (χ2v) is 9.39. The zero-order valence-corrected chi connectivity index (χ0v) is 20.9. The van der Waals surface area contributed by atoms with E-state index in [0.717, 1.165) is 22.8 Å². The third kappa shape index (κ3) is 5.05. The molecule has 36 heavy (non-hydrogen) atoms. The quantitative estimate of drug-likeness (QED) is 0.502. The minimum absolute atomic E-state index is 0.0722. The Hall–Kier alpha value is -3.49. The minimum atomic E-state index is -0.905. The van der Waals surface area contributed by atoms with Gasteiger partial charge in [-0.1, -0.05) is 24.6 Å². The van der Waals surface area contributed by atoms with Crippen molar-refractivity contribution in [1.29, 1.82) is 0 Å². The molecule has 0 radical (unpaired) electrons. The third-order valence-electron chi connectivity index (χ3n) is 6.38. The van der Waals surface area contributed by atoms with E-state index in [0.29, 0.717) is 23.4 Å². The molecule has 1 aliphatic heterocycles. The number of nitrogens with one attached hydrogen (secondary N) is 1. The van der Waals surface area contributed by atoms with Crippen LogP contribution in [0.4, 0.5) is 10.1 Å². The molecule has 188 valence electrons. The van der Waals surface area contributed by atoms with Gasteiger partial charge in [0.2, 0.25) is 5.91 Å². The number of carbonyl (C=O) groups excluding carboxylic acids is 2. The highest BCUT2D eigenvalue weighted by Gasteiger charge is 2.27. The predicted molar refractivity (Wildman–Crippen MR) is 137 cm³/mol. The number of primary amides is 1. The van der Waals surface area contributed by atoms with Crippen LogP contribution in [0.5, 0.6) is 0 Å². The van der Waals surface area contributed by atoms with E-state index in [1.54, 1.807) is 13.1 Å². The van der Waals surface area contributed by atoms with E-state index in [2.05, 4.69) is 5.32 Å². The van der Waals surface area contributed by atoms with Crippen LogP contribution in [0.3, 0.4) is 0 Å². The van der Waals surface area contributed by atoms with E-state index in [-0.39, 0.29) is 29.0 Å². The van der Waals surface area contributed by atoms with Crippen molar-refractivity contribution in [3.8, 4) is 11.1 Å². The highest BCUT2D eigenvalue weighted by molar-refractivity contribution is 6.30. The van der Waals surface area contributed by atoms with Crippen LogP contribution in [0.2, 0.25) is 5.02 Å². The van der Waals surface area contributed by atoms with Gasteiger partial charge in [0, 0.05) is 28.5 Å². The van der Waals surface area contributed by atoms with E-state index in [1.807, 2.05) is 32.0 Å². The summed E-state index contributed by atoms with van der Waals surface area (Å²) in [5.41, 5.74) is 8.01. The summed E-state index contributed by atoms with van der Waals surface area (Å²) in [6.45, 7) is 5.67. The molecular formula is C27H27ClFN3O4. The number of pyridine rings is 1. The lowest BCUT2D eigenvalue weighted by molar-refractivity contribution is -0.119. The average Bonchev–Trinajstić information content (AvgIpc) is 2.80. The van der Waals surface area contributed by atoms with Crippen LogP contribution in [0.1, 0.15) is 60.8 Å². The molecule has 2 amide bonds. The van der Waals surface area contributed by atoms with Gasteiger partial charge in [-0.3, -0.25) is 14.4 Å². The fourth-order valence-corrected chi connectivity index (χ4v) is 4.82. The first-order valence-electron chi connectivity index (χ1n) is 11.7. The summed E-state index contributed by atoms with van der Waals surface area (Å²) in [6, 6.07) is 9.85. The molecule has 4 rings (SSSR count).